The Morgan fingerprint density at radius 2 is 2.18 bits per heavy atom. The molecule has 1 atom stereocenters. The molecule has 3 N–H and O–H groups in total. The van der Waals surface area contributed by atoms with Crippen LogP contribution in [0.1, 0.15) is 29.5 Å². The minimum absolute atomic E-state index is 0.221. The normalized spacial score (nSPS) is 17.8. The van der Waals surface area contributed by atoms with Crippen molar-refractivity contribution in [2.24, 2.45) is 4.99 Å². The molecule has 1 fully saturated rings. The lowest BCUT2D eigenvalue weighted by Crippen LogP contribution is -2.41. The Labute approximate surface area is 172 Å². The van der Waals surface area contributed by atoms with Gasteiger partial charge in [0.15, 0.2) is 5.96 Å². The molecule has 28 heavy (non-hydrogen) atoms. The Morgan fingerprint density at radius 1 is 1.36 bits per heavy atom. The molecule has 1 aromatic heterocycles. The summed E-state index contributed by atoms with van der Waals surface area (Å²) in [5.41, 5.74) is 0. The maximum absolute atomic E-state index is 12.4. The predicted molar refractivity (Wildman–Crippen MR) is 113 cm³/mol. The zero-order valence-electron chi connectivity index (χ0n) is 16.9. The standard InChI is InChI=1S/C18H32N4O4S2/c1-4-19-18(20-7-5-10-26-16-6-11-25-13-16)21-8-9-22-28(23,24)17-12-14(2)27-15(17)3/h12,16,22H,4-11,13H2,1-3H3,(H2,19,20,21). The van der Waals surface area contributed by atoms with Gasteiger partial charge in [-0.3, -0.25) is 4.99 Å². The van der Waals surface area contributed by atoms with E-state index in [2.05, 4.69) is 20.3 Å². The number of hydrogen-bond acceptors (Lipinski definition) is 6. The van der Waals surface area contributed by atoms with Crippen LogP contribution < -0.4 is 15.4 Å². The van der Waals surface area contributed by atoms with Gasteiger partial charge in [-0.25, -0.2) is 13.1 Å². The largest absolute Gasteiger partial charge is 0.379 e. The van der Waals surface area contributed by atoms with Gasteiger partial charge < -0.3 is 20.1 Å². The topological polar surface area (TPSA) is 101 Å². The molecule has 1 aliphatic heterocycles. The molecule has 0 radical (unpaired) electrons. The molecule has 2 rings (SSSR count). The Bertz CT molecular complexity index is 728. The molecule has 0 aliphatic carbocycles. The zero-order valence-corrected chi connectivity index (χ0v) is 18.5. The molecular weight excluding hydrogens is 400 g/mol. The van der Waals surface area contributed by atoms with Gasteiger partial charge in [0.05, 0.1) is 17.6 Å². The summed E-state index contributed by atoms with van der Waals surface area (Å²) in [6.07, 6.45) is 2.02. The minimum Gasteiger partial charge on any atom is -0.379 e. The molecule has 2 heterocycles. The summed E-state index contributed by atoms with van der Waals surface area (Å²) in [6.45, 7) is 9.97. The van der Waals surface area contributed by atoms with Gasteiger partial charge >= 0.3 is 0 Å². The van der Waals surface area contributed by atoms with E-state index in [9.17, 15) is 8.42 Å². The highest BCUT2D eigenvalue weighted by atomic mass is 32.2. The third kappa shape index (κ3) is 7.67. The number of aliphatic imine (C=N–C) groups is 1. The lowest BCUT2D eigenvalue weighted by Gasteiger charge is -2.12. The molecule has 1 aromatic rings. The van der Waals surface area contributed by atoms with Gasteiger partial charge in [0, 0.05) is 49.1 Å². The second-order valence-corrected chi connectivity index (χ2v) is 9.77. The monoisotopic (exact) mass is 432 g/mol. The maximum Gasteiger partial charge on any atom is 0.241 e. The van der Waals surface area contributed by atoms with Crippen molar-refractivity contribution in [2.75, 3.05) is 46.0 Å². The number of sulfonamides is 1. The average molecular weight is 433 g/mol. The van der Waals surface area contributed by atoms with Crippen molar-refractivity contribution in [3.8, 4) is 0 Å². The summed E-state index contributed by atoms with van der Waals surface area (Å²) in [4.78, 5) is 6.65. The first-order valence-electron chi connectivity index (χ1n) is 9.70. The van der Waals surface area contributed by atoms with Gasteiger partial charge in [0.2, 0.25) is 10.0 Å². The van der Waals surface area contributed by atoms with E-state index in [1.54, 1.807) is 6.07 Å². The maximum atomic E-state index is 12.4. The van der Waals surface area contributed by atoms with E-state index in [1.807, 2.05) is 20.8 Å². The van der Waals surface area contributed by atoms with E-state index < -0.39 is 10.0 Å². The SMILES string of the molecule is CCNC(=NCCCOC1CCOC1)NCCNS(=O)(=O)c1cc(C)sc1C. The molecule has 0 amide bonds. The number of ether oxygens (including phenoxy) is 2. The lowest BCUT2D eigenvalue weighted by atomic mass is 10.3. The first kappa shape index (κ1) is 23.1. The van der Waals surface area contributed by atoms with Crippen LogP contribution in [0.15, 0.2) is 16.0 Å². The van der Waals surface area contributed by atoms with Gasteiger partial charge in [-0.2, -0.15) is 0 Å². The Morgan fingerprint density at radius 3 is 2.82 bits per heavy atom. The van der Waals surface area contributed by atoms with Crippen molar-refractivity contribution in [2.45, 2.75) is 44.6 Å². The number of guanidine groups is 1. The summed E-state index contributed by atoms with van der Waals surface area (Å²) < 4.78 is 38.4. The van der Waals surface area contributed by atoms with Crippen molar-refractivity contribution >= 4 is 27.3 Å². The van der Waals surface area contributed by atoms with Crippen LogP contribution in [-0.2, 0) is 19.5 Å². The van der Waals surface area contributed by atoms with Crippen LogP contribution in [0.4, 0.5) is 0 Å². The van der Waals surface area contributed by atoms with Crippen molar-refractivity contribution in [1.82, 2.24) is 15.4 Å². The van der Waals surface area contributed by atoms with Gasteiger partial charge in [0.1, 0.15) is 0 Å². The average Bonchev–Trinajstić information content (AvgIpc) is 3.27. The third-order valence-corrected chi connectivity index (χ3v) is 6.83. The minimum atomic E-state index is -3.48. The first-order chi connectivity index (χ1) is 13.4. The van der Waals surface area contributed by atoms with Crippen LogP contribution in [0.3, 0.4) is 0 Å². The van der Waals surface area contributed by atoms with E-state index in [0.29, 0.717) is 37.2 Å². The predicted octanol–water partition coefficient (Wildman–Crippen LogP) is 1.39. The van der Waals surface area contributed by atoms with Crippen LogP contribution in [0.5, 0.6) is 0 Å². The molecule has 0 spiro atoms. The van der Waals surface area contributed by atoms with Crippen molar-refractivity contribution in [1.29, 1.82) is 0 Å². The smallest absolute Gasteiger partial charge is 0.241 e. The van der Waals surface area contributed by atoms with Crippen LogP contribution >= 0.6 is 11.3 Å². The highest BCUT2D eigenvalue weighted by Gasteiger charge is 2.18. The summed E-state index contributed by atoms with van der Waals surface area (Å²) >= 11 is 1.49. The van der Waals surface area contributed by atoms with Crippen LogP contribution in [-0.4, -0.2) is 66.5 Å². The zero-order chi connectivity index (χ0) is 20.4. The number of nitrogens with one attached hydrogen (secondary N) is 3. The molecule has 0 aromatic carbocycles. The Balaban J connectivity index is 1.69. The molecular formula is C18H32N4O4S2. The van der Waals surface area contributed by atoms with E-state index >= 15 is 0 Å². The quantitative estimate of drug-likeness (QED) is 0.278. The van der Waals surface area contributed by atoms with Crippen LogP contribution in [0.2, 0.25) is 0 Å². The number of hydrogen-bond donors (Lipinski definition) is 3. The third-order valence-electron chi connectivity index (χ3n) is 4.15. The van der Waals surface area contributed by atoms with Crippen LogP contribution in [0, 0.1) is 13.8 Å². The lowest BCUT2D eigenvalue weighted by molar-refractivity contribution is 0.0424. The second-order valence-electron chi connectivity index (χ2n) is 6.57. The number of thiophene rings is 1. The summed E-state index contributed by atoms with van der Waals surface area (Å²) in [7, 11) is -3.48. The fourth-order valence-electron chi connectivity index (χ4n) is 2.81. The molecule has 1 unspecified atom stereocenters. The molecule has 1 aliphatic rings. The molecule has 0 saturated carbocycles. The number of nitrogens with zero attached hydrogens (tertiary/aromatic N) is 1. The molecule has 160 valence electrons. The van der Waals surface area contributed by atoms with Crippen molar-refractivity contribution < 1.29 is 17.9 Å². The highest BCUT2D eigenvalue weighted by Crippen LogP contribution is 2.24. The van der Waals surface area contributed by atoms with Crippen molar-refractivity contribution in [3.63, 3.8) is 0 Å². The number of rotatable bonds is 11. The van der Waals surface area contributed by atoms with E-state index in [4.69, 9.17) is 9.47 Å². The fraction of sp³-hybridized carbons (Fsp3) is 0.722. The highest BCUT2D eigenvalue weighted by molar-refractivity contribution is 7.89. The molecule has 8 nitrogen and oxygen atoms in total. The second kappa shape index (κ2) is 11.7. The van der Waals surface area contributed by atoms with E-state index in [0.717, 1.165) is 35.7 Å². The Kier molecular flexibility index (Phi) is 9.66. The first-order valence-corrected chi connectivity index (χ1v) is 12.0. The number of aryl methyl sites for hydroxylation is 2. The van der Waals surface area contributed by atoms with Crippen molar-refractivity contribution in [3.05, 3.63) is 15.8 Å². The fourth-order valence-corrected chi connectivity index (χ4v) is 5.39. The van der Waals surface area contributed by atoms with Gasteiger partial charge in [0.25, 0.3) is 0 Å². The van der Waals surface area contributed by atoms with Gasteiger partial charge in [-0.05, 0) is 39.7 Å². The van der Waals surface area contributed by atoms with Gasteiger partial charge in [-0.15, -0.1) is 11.3 Å². The van der Waals surface area contributed by atoms with E-state index in [1.165, 1.54) is 11.3 Å². The van der Waals surface area contributed by atoms with E-state index in [-0.39, 0.29) is 12.6 Å². The molecule has 1 saturated heterocycles. The van der Waals surface area contributed by atoms with Gasteiger partial charge in [-0.1, -0.05) is 0 Å². The summed E-state index contributed by atoms with van der Waals surface area (Å²) in [6, 6.07) is 1.71. The summed E-state index contributed by atoms with van der Waals surface area (Å²) in [5.74, 6) is 0.674. The molecule has 0 bridgehead atoms. The molecule has 10 heteroatoms. The van der Waals surface area contributed by atoms with Crippen LogP contribution in [0.25, 0.3) is 0 Å². The Hall–Kier alpha value is -1.20. The summed E-state index contributed by atoms with van der Waals surface area (Å²) in [5, 5.41) is 6.31.